The number of anilines is 1. The SMILES string of the molecule is Cc1ccc(-c2ccc(C)n2-c2ccc(N(C)C)cc2)cc1. The van der Waals surface area contributed by atoms with Crippen molar-refractivity contribution in [2.75, 3.05) is 19.0 Å². The lowest BCUT2D eigenvalue weighted by Gasteiger charge is -2.16. The van der Waals surface area contributed by atoms with Gasteiger partial charge in [0.2, 0.25) is 0 Å². The summed E-state index contributed by atoms with van der Waals surface area (Å²) in [7, 11) is 4.13. The summed E-state index contributed by atoms with van der Waals surface area (Å²) in [6, 6.07) is 21.8. The molecule has 2 aromatic carbocycles. The molecule has 0 spiro atoms. The fraction of sp³-hybridized carbons (Fsp3) is 0.200. The minimum absolute atomic E-state index is 1.20. The Kier molecular flexibility index (Phi) is 3.76. The Balaban J connectivity index is 2.07. The van der Waals surface area contributed by atoms with Gasteiger partial charge in [0.25, 0.3) is 0 Å². The van der Waals surface area contributed by atoms with Gasteiger partial charge >= 0.3 is 0 Å². The first-order valence-corrected chi connectivity index (χ1v) is 7.59. The lowest BCUT2D eigenvalue weighted by atomic mass is 10.1. The van der Waals surface area contributed by atoms with Crippen LogP contribution >= 0.6 is 0 Å². The molecular weight excluding hydrogens is 268 g/mol. The lowest BCUT2D eigenvalue weighted by Crippen LogP contribution is -2.08. The molecule has 0 aliphatic rings. The van der Waals surface area contributed by atoms with Gasteiger partial charge in [0.15, 0.2) is 0 Å². The van der Waals surface area contributed by atoms with Gasteiger partial charge in [0, 0.05) is 31.2 Å². The second-order valence-corrected chi connectivity index (χ2v) is 5.97. The number of hydrogen-bond donors (Lipinski definition) is 0. The van der Waals surface area contributed by atoms with Gasteiger partial charge in [0.05, 0.1) is 5.69 Å². The van der Waals surface area contributed by atoms with Crippen molar-refractivity contribution in [3.63, 3.8) is 0 Å². The Morgan fingerprint density at radius 2 is 1.36 bits per heavy atom. The highest BCUT2D eigenvalue weighted by molar-refractivity contribution is 5.65. The highest BCUT2D eigenvalue weighted by atomic mass is 15.1. The van der Waals surface area contributed by atoms with Gasteiger partial charge in [-0.05, 0) is 55.8 Å². The summed E-state index contributed by atoms with van der Waals surface area (Å²) in [5, 5.41) is 0. The van der Waals surface area contributed by atoms with Crippen LogP contribution in [0.3, 0.4) is 0 Å². The molecule has 0 aliphatic carbocycles. The molecule has 3 aromatic rings. The lowest BCUT2D eigenvalue weighted by molar-refractivity contribution is 1.02. The van der Waals surface area contributed by atoms with E-state index in [2.05, 4.69) is 98.1 Å². The number of nitrogens with zero attached hydrogens (tertiary/aromatic N) is 2. The van der Waals surface area contributed by atoms with Crippen LogP contribution < -0.4 is 4.90 Å². The molecule has 0 radical (unpaired) electrons. The summed E-state index contributed by atoms with van der Waals surface area (Å²) in [6.07, 6.45) is 0. The third-order valence-corrected chi connectivity index (χ3v) is 4.05. The second kappa shape index (κ2) is 5.72. The summed E-state index contributed by atoms with van der Waals surface area (Å²) in [5.74, 6) is 0. The number of aryl methyl sites for hydroxylation is 2. The van der Waals surface area contributed by atoms with Gasteiger partial charge in [-0.15, -0.1) is 0 Å². The Labute approximate surface area is 132 Å². The zero-order chi connectivity index (χ0) is 15.7. The largest absolute Gasteiger partial charge is 0.378 e. The molecule has 1 aromatic heterocycles. The number of rotatable bonds is 3. The fourth-order valence-corrected chi connectivity index (χ4v) is 2.73. The highest BCUT2D eigenvalue weighted by Gasteiger charge is 2.09. The van der Waals surface area contributed by atoms with Gasteiger partial charge < -0.3 is 9.47 Å². The van der Waals surface area contributed by atoms with Crippen LogP contribution in [-0.4, -0.2) is 18.7 Å². The maximum Gasteiger partial charge on any atom is 0.0531 e. The zero-order valence-electron chi connectivity index (χ0n) is 13.7. The molecule has 0 aliphatic heterocycles. The van der Waals surface area contributed by atoms with E-state index in [-0.39, 0.29) is 0 Å². The summed E-state index contributed by atoms with van der Waals surface area (Å²) >= 11 is 0. The van der Waals surface area contributed by atoms with Gasteiger partial charge in [-0.25, -0.2) is 0 Å². The Bertz CT molecular complexity index is 762. The molecule has 2 heteroatoms. The second-order valence-electron chi connectivity index (χ2n) is 5.97. The molecule has 0 unspecified atom stereocenters. The number of hydrogen-bond acceptors (Lipinski definition) is 1. The average molecular weight is 290 g/mol. The van der Waals surface area contributed by atoms with E-state index >= 15 is 0 Å². The molecule has 0 saturated heterocycles. The molecular formula is C20H22N2. The average Bonchev–Trinajstić information content (AvgIpc) is 2.90. The van der Waals surface area contributed by atoms with E-state index in [0.717, 1.165) is 0 Å². The van der Waals surface area contributed by atoms with E-state index in [1.807, 2.05) is 0 Å². The maximum absolute atomic E-state index is 2.31. The van der Waals surface area contributed by atoms with Crippen LogP contribution in [0, 0.1) is 13.8 Å². The fourth-order valence-electron chi connectivity index (χ4n) is 2.73. The summed E-state index contributed by atoms with van der Waals surface area (Å²) in [4.78, 5) is 2.12. The van der Waals surface area contributed by atoms with Crippen molar-refractivity contribution in [1.82, 2.24) is 4.57 Å². The molecule has 0 N–H and O–H groups in total. The minimum Gasteiger partial charge on any atom is -0.378 e. The van der Waals surface area contributed by atoms with Crippen molar-refractivity contribution in [1.29, 1.82) is 0 Å². The van der Waals surface area contributed by atoms with Crippen molar-refractivity contribution >= 4 is 5.69 Å². The van der Waals surface area contributed by atoms with Crippen LogP contribution in [0.2, 0.25) is 0 Å². The highest BCUT2D eigenvalue weighted by Crippen LogP contribution is 2.27. The van der Waals surface area contributed by atoms with Gasteiger partial charge in [0.1, 0.15) is 0 Å². The van der Waals surface area contributed by atoms with Crippen LogP contribution in [0.25, 0.3) is 16.9 Å². The third-order valence-electron chi connectivity index (χ3n) is 4.05. The summed E-state index contributed by atoms with van der Waals surface area (Å²) < 4.78 is 2.31. The van der Waals surface area contributed by atoms with E-state index < -0.39 is 0 Å². The standard InChI is InChI=1S/C20H22N2/c1-15-5-8-17(9-6-15)20-14-7-16(2)22(20)19-12-10-18(11-13-19)21(3)4/h5-14H,1-4H3. The van der Waals surface area contributed by atoms with E-state index in [1.165, 1.54) is 33.9 Å². The first kappa shape index (κ1) is 14.5. The van der Waals surface area contributed by atoms with Gasteiger partial charge in [-0.3, -0.25) is 0 Å². The molecule has 0 atom stereocenters. The van der Waals surface area contributed by atoms with Gasteiger partial charge in [-0.2, -0.15) is 0 Å². The Morgan fingerprint density at radius 1 is 0.727 bits per heavy atom. The van der Waals surface area contributed by atoms with Crippen molar-refractivity contribution in [3.8, 4) is 16.9 Å². The van der Waals surface area contributed by atoms with Crippen molar-refractivity contribution < 1.29 is 0 Å². The summed E-state index contributed by atoms with van der Waals surface area (Å²) in [6.45, 7) is 4.27. The first-order chi connectivity index (χ1) is 10.6. The van der Waals surface area contributed by atoms with Crippen LogP contribution in [-0.2, 0) is 0 Å². The summed E-state index contributed by atoms with van der Waals surface area (Å²) in [5.41, 5.74) is 7.42. The van der Waals surface area contributed by atoms with E-state index in [1.54, 1.807) is 0 Å². The van der Waals surface area contributed by atoms with Crippen molar-refractivity contribution in [2.45, 2.75) is 13.8 Å². The molecule has 2 nitrogen and oxygen atoms in total. The zero-order valence-corrected chi connectivity index (χ0v) is 13.7. The van der Waals surface area contributed by atoms with Crippen molar-refractivity contribution in [2.24, 2.45) is 0 Å². The monoisotopic (exact) mass is 290 g/mol. The smallest absolute Gasteiger partial charge is 0.0531 e. The predicted octanol–water partition coefficient (Wildman–Crippen LogP) is 4.83. The van der Waals surface area contributed by atoms with Crippen LogP contribution in [0.5, 0.6) is 0 Å². The molecule has 0 amide bonds. The molecule has 1 heterocycles. The maximum atomic E-state index is 2.31. The molecule has 0 fully saturated rings. The Morgan fingerprint density at radius 3 is 1.95 bits per heavy atom. The molecule has 0 saturated carbocycles. The first-order valence-electron chi connectivity index (χ1n) is 7.59. The molecule has 0 bridgehead atoms. The molecule has 22 heavy (non-hydrogen) atoms. The molecule has 3 rings (SSSR count). The van der Waals surface area contributed by atoms with Crippen LogP contribution in [0.15, 0.2) is 60.7 Å². The van der Waals surface area contributed by atoms with Gasteiger partial charge in [-0.1, -0.05) is 29.8 Å². The van der Waals surface area contributed by atoms with Crippen LogP contribution in [0.1, 0.15) is 11.3 Å². The third kappa shape index (κ3) is 2.64. The van der Waals surface area contributed by atoms with E-state index in [4.69, 9.17) is 0 Å². The minimum atomic E-state index is 1.20. The van der Waals surface area contributed by atoms with Crippen LogP contribution in [0.4, 0.5) is 5.69 Å². The Hall–Kier alpha value is -2.48. The van der Waals surface area contributed by atoms with E-state index in [9.17, 15) is 0 Å². The molecule has 112 valence electrons. The quantitative estimate of drug-likeness (QED) is 0.671. The normalized spacial score (nSPS) is 10.7. The number of aromatic nitrogens is 1. The van der Waals surface area contributed by atoms with Crippen molar-refractivity contribution in [3.05, 3.63) is 71.9 Å². The number of benzene rings is 2. The predicted molar refractivity (Wildman–Crippen MR) is 95.0 cm³/mol. The topological polar surface area (TPSA) is 8.17 Å². The van der Waals surface area contributed by atoms with E-state index in [0.29, 0.717) is 0 Å².